The maximum absolute atomic E-state index is 11.7. The number of aryl methyl sites for hydroxylation is 1. The highest BCUT2D eigenvalue weighted by Gasteiger charge is 2.24. The van der Waals surface area contributed by atoms with Gasteiger partial charge in [-0.25, -0.2) is 0 Å². The van der Waals surface area contributed by atoms with Crippen molar-refractivity contribution in [3.05, 3.63) is 35.5 Å². The topological polar surface area (TPSA) is 64.2 Å². The van der Waals surface area contributed by atoms with Crippen LogP contribution < -0.4 is 10.6 Å². The summed E-state index contributed by atoms with van der Waals surface area (Å²) in [6.07, 6.45) is 2.39. The van der Waals surface area contributed by atoms with Gasteiger partial charge in [0.1, 0.15) is 0 Å². The van der Waals surface area contributed by atoms with E-state index in [1.807, 2.05) is 31.4 Å². The summed E-state index contributed by atoms with van der Waals surface area (Å²) in [6, 6.07) is 6.01. The van der Waals surface area contributed by atoms with Crippen LogP contribution in [0.3, 0.4) is 0 Å². The molecule has 3 rings (SSSR count). The summed E-state index contributed by atoms with van der Waals surface area (Å²) in [5.41, 5.74) is 10.7. The number of fused-ring (bicyclic) bond motifs is 1. The van der Waals surface area contributed by atoms with E-state index in [1.165, 1.54) is 0 Å². The fourth-order valence-electron chi connectivity index (χ4n) is 2.55. The van der Waals surface area contributed by atoms with Crippen LogP contribution in [0.5, 0.6) is 0 Å². The van der Waals surface area contributed by atoms with Gasteiger partial charge in [-0.1, -0.05) is 6.07 Å². The molecule has 1 aromatic heterocycles. The summed E-state index contributed by atoms with van der Waals surface area (Å²) >= 11 is 0. The molecule has 1 aliphatic heterocycles. The molecule has 1 amide bonds. The molecule has 0 aliphatic carbocycles. The van der Waals surface area contributed by atoms with Crippen LogP contribution in [0.1, 0.15) is 11.1 Å². The van der Waals surface area contributed by atoms with E-state index in [4.69, 9.17) is 5.73 Å². The Morgan fingerprint density at radius 2 is 2.16 bits per heavy atom. The van der Waals surface area contributed by atoms with Gasteiger partial charge >= 0.3 is 0 Å². The fourth-order valence-corrected chi connectivity index (χ4v) is 2.55. The van der Waals surface area contributed by atoms with Crippen molar-refractivity contribution >= 4 is 11.6 Å². The molecule has 1 aliphatic rings. The van der Waals surface area contributed by atoms with Gasteiger partial charge in [0.2, 0.25) is 5.91 Å². The number of aromatic nitrogens is 2. The maximum Gasteiger partial charge on any atom is 0.231 e. The second-order valence-corrected chi connectivity index (χ2v) is 4.85. The highest BCUT2D eigenvalue weighted by atomic mass is 16.2. The van der Waals surface area contributed by atoms with Crippen LogP contribution in [0.4, 0.5) is 5.69 Å². The predicted octanol–water partition coefficient (Wildman–Crippen LogP) is 1.06. The number of rotatable bonds is 2. The lowest BCUT2D eigenvalue weighted by Crippen LogP contribution is -2.20. The molecule has 0 unspecified atom stereocenters. The Labute approximate surface area is 111 Å². The Bertz CT molecular complexity index is 659. The first kappa shape index (κ1) is 11.9. The van der Waals surface area contributed by atoms with Crippen molar-refractivity contribution in [1.82, 2.24) is 9.78 Å². The van der Waals surface area contributed by atoms with Crippen LogP contribution >= 0.6 is 0 Å². The van der Waals surface area contributed by atoms with Gasteiger partial charge in [-0.2, -0.15) is 5.10 Å². The lowest BCUT2D eigenvalue weighted by molar-refractivity contribution is -0.117. The van der Waals surface area contributed by atoms with Gasteiger partial charge < -0.3 is 10.6 Å². The lowest BCUT2D eigenvalue weighted by Gasteiger charge is -2.10. The normalized spacial score (nSPS) is 14.1. The molecule has 0 saturated carbocycles. The van der Waals surface area contributed by atoms with Crippen molar-refractivity contribution in [2.24, 2.45) is 12.8 Å². The zero-order valence-corrected chi connectivity index (χ0v) is 11.1. The second-order valence-electron chi connectivity index (χ2n) is 4.85. The third-order valence-corrected chi connectivity index (χ3v) is 3.55. The van der Waals surface area contributed by atoms with Crippen molar-refractivity contribution in [2.45, 2.75) is 13.0 Å². The molecule has 5 nitrogen and oxygen atoms in total. The Balaban J connectivity index is 2.08. The molecule has 0 bridgehead atoms. The number of hydrogen-bond donors (Lipinski definition) is 1. The molecule has 0 saturated heterocycles. The number of carbonyl (C=O) groups is 1. The van der Waals surface area contributed by atoms with Crippen LogP contribution in [0.25, 0.3) is 11.3 Å². The van der Waals surface area contributed by atoms with E-state index in [0.717, 1.165) is 28.1 Å². The van der Waals surface area contributed by atoms with Crippen LogP contribution in [0.2, 0.25) is 0 Å². The Morgan fingerprint density at radius 1 is 1.37 bits per heavy atom. The minimum absolute atomic E-state index is 0.132. The quantitative estimate of drug-likeness (QED) is 0.874. The number of carbonyl (C=O) groups excluding carboxylic acids is 1. The molecule has 5 heteroatoms. The zero-order chi connectivity index (χ0) is 13.6. The summed E-state index contributed by atoms with van der Waals surface area (Å²) < 4.78 is 1.77. The summed E-state index contributed by atoms with van der Waals surface area (Å²) in [6.45, 7) is 0.457. The van der Waals surface area contributed by atoms with Crippen molar-refractivity contribution < 1.29 is 4.79 Å². The lowest BCUT2D eigenvalue weighted by atomic mass is 10.0. The first-order valence-electron chi connectivity index (χ1n) is 6.22. The van der Waals surface area contributed by atoms with Gasteiger partial charge in [-0.15, -0.1) is 0 Å². The van der Waals surface area contributed by atoms with Crippen molar-refractivity contribution in [1.29, 1.82) is 0 Å². The molecule has 98 valence electrons. The fraction of sp³-hybridized carbons (Fsp3) is 0.286. The second kappa shape index (κ2) is 4.20. The van der Waals surface area contributed by atoms with Gasteiger partial charge in [-0.05, 0) is 17.7 Å². The average Bonchev–Trinajstić information content (AvgIpc) is 2.91. The number of nitrogens with two attached hydrogens (primary N) is 1. The van der Waals surface area contributed by atoms with E-state index < -0.39 is 0 Å². The Hall–Kier alpha value is -2.14. The average molecular weight is 256 g/mol. The molecule has 2 N–H and O–H groups in total. The molecule has 0 fully saturated rings. The van der Waals surface area contributed by atoms with E-state index in [-0.39, 0.29) is 5.91 Å². The highest BCUT2D eigenvalue weighted by molar-refractivity contribution is 6.01. The molecule has 2 heterocycles. The van der Waals surface area contributed by atoms with E-state index in [1.54, 1.807) is 16.6 Å². The number of amides is 1. The molecule has 0 atom stereocenters. The molecular formula is C14H16N4O. The zero-order valence-electron chi connectivity index (χ0n) is 11.1. The Kier molecular flexibility index (Phi) is 2.64. The summed E-state index contributed by atoms with van der Waals surface area (Å²) in [7, 11) is 3.69. The van der Waals surface area contributed by atoms with Crippen LogP contribution in [0, 0.1) is 0 Å². The Morgan fingerprint density at radius 3 is 2.89 bits per heavy atom. The summed E-state index contributed by atoms with van der Waals surface area (Å²) in [5.74, 6) is 0.132. The predicted molar refractivity (Wildman–Crippen MR) is 73.6 cm³/mol. The number of likely N-dealkylation sites (N-methyl/N-ethyl adjacent to an activating group) is 1. The molecule has 0 radical (unpaired) electrons. The number of nitrogens with zero attached hydrogens (tertiary/aromatic N) is 3. The van der Waals surface area contributed by atoms with Gasteiger partial charge in [0, 0.05) is 43.7 Å². The maximum atomic E-state index is 11.7. The van der Waals surface area contributed by atoms with Crippen LogP contribution in [-0.2, 0) is 24.8 Å². The smallest absolute Gasteiger partial charge is 0.231 e. The van der Waals surface area contributed by atoms with E-state index in [2.05, 4.69) is 5.10 Å². The number of anilines is 1. The van der Waals surface area contributed by atoms with Crippen molar-refractivity contribution in [3.8, 4) is 11.3 Å². The third kappa shape index (κ3) is 1.82. The SMILES string of the molecule is CN1C(=O)Cc2cc(-c3nn(C)cc3CN)ccc21. The third-order valence-electron chi connectivity index (χ3n) is 3.55. The van der Waals surface area contributed by atoms with Gasteiger partial charge in [0.25, 0.3) is 0 Å². The van der Waals surface area contributed by atoms with Gasteiger partial charge in [-0.3, -0.25) is 9.48 Å². The first-order valence-corrected chi connectivity index (χ1v) is 6.22. The monoisotopic (exact) mass is 256 g/mol. The minimum atomic E-state index is 0.132. The highest BCUT2D eigenvalue weighted by Crippen LogP contribution is 2.32. The summed E-state index contributed by atoms with van der Waals surface area (Å²) in [4.78, 5) is 13.4. The molecular weight excluding hydrogens is 240 g/mol. The van der Waals surface area contributed by atoms with Crippen molar-refractivity contribution in [2.75, 3.05) is 11.9 Å². The number of benzene rings is 1. The molecule has 2 aromatic rings. The van der Waals surface area contributed by atoms with E-state index >= 15 is 0 Å². The van der Waals surface area contributed by atoms with Gasteiger partial charge in [0.05, 0.1) is 12.1 Å². The van der Waals surface area contributed by atoms with Gasteiger partial charge in [0.15, 0.2) is 0 Å². The largest absolute Gasteiger partial charge is 0.326 e. The van der Waals surface area contributed by atoms with Crippen molar-refractivity contribution in [3.63, 3.8) is 0 Å². The molecule has 19 heavy (non-hydrogen) atoms. The van der Waals surface area contributed by atoms with Crippen LogP contribution in [-0.4, -0.2) is 22.7 Å². The molecule has 1 aromatic carbocycles. The number of hydrogen-bond acceptors (Lipinski definition) is 3. The first-order chi connectivity index (χ1) is 9.10. The van der Waals surface area contributed by atoms with E-state index in [9.17, 15) is 4.79 Å². The molecule has 0 spiro atoms. The standard InChI is InChI=1S/C14H16N4O/c1-17-8-11(7-15)14(16-17)9-3-4-12-10(5-9)6-13(19)18(12)2/h3-5,8H,6-7,15H2,1-2H3. The van der Waals surface area contributed by atoms with Crippen LogP contribution in [0.15, 0.2) is 24.4 Å². The summed E-state index contributed by atoms with van der Waals surface area (Å²) in [5, 5.41) is 4.45. The minimum Gasteiger partial charge on any atom is -0.326 e. The van der Waals surface area contributed by atoms with E-state index in [0.29, 0.717) is 13.0 Å².